The van der Waals surface area contributed by atoms with Crippen LogP contribution in [0.1, 0.15) is 5.56 Å². The van der Waals surface area contributed by atoms with Gasteiger partial charge in [-0.05, 0) is 5.56 Å². The van der Waals surface area contributed by atoms with E-state index in [0.717, 1.165) is 5.56 Å². The lowest BCUT2D eigenvalue weighted by Gasteiger charge is -2.24. The van der Waals surface area contributed by atoms with Crippen LogP contribution in [0.15, 0.2) is 30.3 Å². The van der Waals surface area contributed by atoms with Crippen LogP contribution in [-0.2, 0) is 20.8 Å². The Balaban J connectivity index is 2.07. The van der Waals surface area contributed by atoms with Crippen molar-refractivity contribution < 1.29 is 29.3 Å². The molecule has 1 fully saturated rings. The maximum atomic E-state index is 10.8. The standard InChI is InChI=1S/C14H19NO7/c1-20-13-11(16)14(17)22-12(13)10(7-15(18)19)21-8-9-5-3-2-4-6-9/h2-6,10-14,16-17H,7-8H2,1H3/t10-,11-,12-,13-,14?/m1/s1. The largest absolute Gasteiger partial charge is 0.385 e. The summed E-state index contributed by atoms with van der Waals surface area (Å²) in [7, 11) is 1.34. The van der Waals surface area contributed by atoms with Crippen molar-refractivity contribution in [2.45, 2.75) is 37.3 Å². The first kappa shape index (κ1) is 16.8. The number of ether oxygens (including phenoxy) is 3. The average molecular weight is 313 g/mol. The molecule has 1 aromatic rings. The van der Waals surface area contributed by atoms with E-state index in [1.54, 1.807) is 0 Å². The molecule has 0 aromatic heterocycles. The van der Waals surface area contributed by atoms with Gasteiger partial charge in [0, 0.05) is 12.0 Å². The number of methoxy groups -OCH3 is 1. The minimum Gasteiger partial charge on any atom is -0.385 e. The second-order valence-corrected chi connectivity index (χ2v) is 5.03. The highest BCUT2D eigenvalue weighted by atomic mass is 16.7. The highest BCUT2D eigenvalue weighted by Gasteiger charge is 2.48. The lowest BCUT2D eigenvalue weighted by molar-refractivity contribution is -0.495. The molecule has 0 bridgehead atoms. The van der Waals surface area contributed by atoms with E-state index in [4.69, 9.17) is 14.2 Å². The summed E-state index contributed by atoms with van der Waals surface area (Å²) in [6.07, 6.45) is -5.50. The van der Waals surface area contributed by atoms with Crippen LogP contribution in [0.4, 0.5) is 0 Å². The number of nitro groups is 1. The summed E-state index contributed by atoms with van der Waals surface area (Å²) in [5.41, 5.74) is 0.851. The monoisotopic (exact) mass is 313 g/mol. The molecule has 0 aliphatic carbocycles. The molecule has 5 atom stereocenters. The molecule has 0 radical (unpaired) electrons. The van der Waals surface area contributed by atoms with E-state index < -0.39 is 42.2 Å². The maximum absolute atomic E-state index is 10.8. The number of hydrogen-bond donors (Lipinski definition) is 2. The second-order valence-electron chi connectivity index (χ2n) is 5.03. The van der Waals surface area contributed by atoms with Gasteiger partial charge in [-0.3, -0.25) is 10.1 Å². The van der Waals surface area contributed by atoms with Gasteiger partial charge in [0.1, 0.15) is 18.3 Å². The predicted molar refractivity (Wildman–Crippen MR) is 74.6 cm³/mol. The van der Waals surface area contributed by atoms with E-state index >= 15 is 0 Å². The van der Waals surface area contributed by atoms with Gasteiger partial charge in [0.2, 0.25) is 6.54 Å². The van der Waals surface area contributed by atoms with Crippen molar-refractivity contribution in [3.63, 3.8) is 0 Å². The molecule has 1 aliphatic heterocycles. The van der Waals surface area contributed by atoms with Gasteiger partial charge >= 0.3 is 0 Å². The van der Waals surface area contributed by atoms with Crippen LogP contribution >= 0.6 is 0 Å². The third-order valence-corrected chi connectivity index (χ3v) is 3.52. The zero-order valence-corrected chi connectivity index (χ0v) is 12.1. The molecule has 2 N–H and O–H groups in total. The SMILES string of the molecule is CO[C@H]1[C@@H]([C@@H](C[N+](=O)[O-])OCc2ccccc2)OC(O)[C@@H]1O. The molecular weight excluding hydrogens is 294 g/mol. The first-order chi connectivity index (χ1) is 10.5. The summed E-state index contributed by atoms with van der Waals surface area (Å²) in [5.74, 6) is 0. The molecule has 2 rings (SSSR count). The molecule has 1 heterocycles. The molecule has 8 heteroatoms. The lowest BCUT2D eigenvalue weighted by atomic mass is 10.1. The van der Waals surface area contributed by atoms with Crippen LogP contribution in [0.5, 0.6) is 0 Å². The van der Waals surface area contributed by atoms with Gasteiger partial charge in [-0.25, -0.2) is 0 Å². The third-order valence-electron chi connectivity index (χ3n) is 3.52. The Bertz CT molecular complexity index is 483. The summed E-state index contributed by atoms with van der Waals surface area (Å²) in [5, 5.41) is 30.2. The number of aliphatic hydroxyl groups is 2. The Morgan fingerprint density at radius 3 is 2.64 bits per heavy atom. The van der Waals surface area contributed by atoms with Crippen LogP contribution in [-0.4, -0.2) is 59.5 Å². The van der Waals surface area contributed by atoms with Crippen molar-refractivity contribution >= 4 is 0 Å². The molecule has 0 saturated carbocycles. The van der Waals surface area contributed by atoms with E-state index in [2.05, 4.69) is 0 Å². The molecule has 22 heavy (non-hydrogen) atoms. The topological polar surface area (TPSA) is 111 Å². The van der Waals surface area contributed by atoms with Crippen LogP contribution in [0.3, 0.4) is 0 Å². The van der Waals surface area contributed by atoms with Crippen molar-refractivity contribution in [2.75, 3.05) is 13.7 Å². The van der Waals surface area contributed by atoms with Gasteiger partial charge in [-0.15, -0.1) is 0 Å². The molecule has 0 spiro atoms. The molecule has 0 amide bonds. The highest BCUT2D eigenvalue weighted by molar-refractivity contribution is 5.13. The Labute approximate surface area is 127 Å². The Morgan fingerprint density at radius 1 is 1.36 bits per heavy atom. The van der Waals surface area contributed by atoms with E-state index in [1.807, 2.05) is 30.3 Å². The molecule has 1 aliphatic rings. The van der Waals surface area contributed by atoms with Crippen molar-refractivity contribution in [1.82, 2.24) is 0 Å². The van der Waals surface area contributed by atoms with Gasteiger partial charge < -0.3 is 24.4 Å². The van der Waals surface area contributed by atoms with Crippen molar-refractivity contribution in [1.29, 1.82) is 0 Å². The van der Waals surface area contributed by atoms with Gasteiger partial charge in [-0.1, -0.05) is 30.3 Å². The van der Waals surface area contributed by atoms with E-state index in [9.17, 15) is 20.3 Å². The number of rotatable bonds is 7. The van der Waals surface area contributed by atoms with Crippen LogP contribution in [0.25, 0.3) is 0 Å². The first-order valence-electron chi connectivity index (χ1n) is 6.84. The first-order valence-corrected chi connectivity index (χ1v) is 6.84. The van der Waals surface area contributed by atoms with Crippen LogP contribution in [0, 0.1) is 10.1 Å². The molecule has 1 saturated heterocycles. The average Bonchev–Trinajstić information content (AvgIpc) is 2.79. The number of nitrogens with zero attached hydrogens (tertiary/aromatic N) is 1. The molecular formula is C14H19NO7. The second kappa shape index (κ2) is 7.61. The maximum Gasteiger partial charge on any atom is 0.232 e. The molecule has 8 nitrogen and oxygen atoms in total. The van der Waals surface area contributed by atoms with Crippen molar-refractivity contribution in [3.8, 4) is 0 Å². The van der Waals surface area contributed by atoms with Gasteiger partial charge in [0.25, 0.3) is 0 Å². The summed E-state index contributed by atoms with van der Waals surface area (Å²) in [6, 6.07) is 9.18. The Kier molecular flexibility index (Phi) is 5.81. The fourth-order valence-electron chi connectivity index (χ4n) is 2.42. The summed E-state index contributed by atoms with van der Waals surface area (Å²) in [6.45, 7) is -0.362. The van der Waals surface area contributed by atoms with E-state index in [0.29, 0.717) is 0 Å². The zero-order valence-electron chi connectivity index (χ0n) is 12.1. The lowest BCUT2D eigenvalue weighted by Crippen LogP contribution is -2.44. The number of benzene rings is 1. The van der Waals surface area contributed by atoms with Crippen LogP contribution in [0.2, 0.25) is 0 Å². The smallest absolute Gasteiger partial charge is 0.232 e. The fraction of sp³-hybridized carbons (Fsp3) is 0.571. The van der Waals surface area contributed by atoms with Crippen molar-refractivity contribution in [2.24, 2.45) is 0 Å². The zero-order chi connectivity index (χ0) is 16.1. The van der Waals surface area contributed by atoms with Gasteiger partial charge in [-0.2, -0.15) is 0 Å². The van der Waals surface area contributed by atoms with E-state index in [1.165, 1.54) is 7.11 Å². The molecule has 122 valence electrons. The third kappa shape index (κ3) is 3.99. The quantitative estimate of drug-likeness (QED) is 0.536. The Morgan fingerprint density at radius 2 is 2.05 bits per heavy atom. The number of aliphatic hydroxyl groups excluding tert-OH is 2. The summed E-state index contributed by atoms with van der Waals surface area (Å²) >= 11 is 0. The minimum atomic E-state index is -1.45. The predicted octanol–water partition coefficient (Wildman–Crippen LogP) is -0.0584. The summed E-state index contributed by atoms with van der Waals surface area (Å²) in [4.78, 5) is 10.3. The number of hydrogen-bond acceptors (Lipinski definition) is 7. The molecule has 1 unspecified atom stereocenters. The van der Waals surface area contributed by atoms with Gasteiger partial charge in [0.15, 0.2) is 12.4 Å². The minimum absolute atomic E-state index is 0.155. The Hall–Kier alpha value is -1.58. The highest BCUT2D eigenvalue weighted by Crippen LogP contribution is 2.26. The van der Waals surface area contributed by atoms with Crippen molar-refractivity contribution in [3.05, 3.63) is 46.0 Å². The van der Waals surface area contributed by atoms with E-state index in [-0.39, 0.29) is 6.61 Å². The van der Waals surface area contributed by atoms with Gasteiger partial charge in [0.05, 0.1) is 6.61 Å². The summed E-state index contributed by atoms with van der Waals surface area (Å²) < 4.78 is 15.8. The molecule has 1 aromatic carbocycles. The fourth-order valence-corrected chi connectivity index (χ4v) is 2.42. The van der Waals surface area contributed by atoms with Crippen LogP contribution < -0.4 is 0 Å². The normalized spacial score (nSPS) is 29.4.